The van der Waals surface area contributed by atoms with E-state index >= 15 is 0 Å². The second-order valence-corrected chi connectivity index (χ2v) is 5.29. The summed E-state index contributed by atoms with van der Waals surface area (Å²) in [6, 6.07) is 5.37. The molecule has 0 aliphatic rings. The molecule has 1 aromatic carbocycles. The van der Waals surface area contributed by atoms with Gasteiger partial charge in [-0.05, 0) is 33.5 Å². The van der Waals surface area contributed by atoms with Gasteiger partial charge in [-0.25, -0.2) is 0 Å². The molecule has 1 aromatic rings. The number of hydrogen-bond acceptors (Lipinski definition) is 2. The zero-order chi connectivity index (χ0) is 10.8. The molecule has 0 amide bonds. The van der Waals surface area contributed by atoms with Crippen LogP contribution in [0.2, 0.25) is 0 Å². The van der Waals surface area contributed by atoms with Gasteiger partial charge in [0.05, 0.1) is 11.1 Å². The number of hydrogen-bond donors (Lipinski definition) is 1. The average Bonchev–Trinajstić information content (AvgIpc) is 2.06. The monoisotopic (exact) mass is 258 g/mol. The van der Waals surface area contributed by atoms with Crippen LogP contribution in [-0.2, 0) is 0 Å². The fourth-order valence-corrected chi connectivity index (χ4v) is 1.25. The molecule has 0 heterocycles. The summed E-state index contributed by atoms with van der Waals surface area (Å²) in [4.78, 5) is 0. The average molecular weight is 259 g/mol. The van der Waals surface area contributed by atoms with Crippen molar-refractivity contribution < 1.29 is 9.84 Å². The molecule has 0 aliphatic heterocycles. The van der Waals surface area contributed by atoms with E-state index in [0.717, 1.165) is 0 Å². The summed E-state index contributed by atoms with van der Waals surface area (Å²) in [5, 5.41) is 9.62. The first-order valence-corrected chi connectivity index (χ1v) is 5.30. The second kappa shape index (κ2) is 4.22. The molecule has 0 saturated carbocycles. The van der Waals surface area contributed by atoms with Gasteiger partial charge in [-0.2, -0.15) is 0 Å². The number of para-hydroxylation sites is 1. The van der Waals surface area contributed by atoms with E-state index in [9.17, 15) is 5.11 Å². The van der Waals surface area contributed by atoms with Crippen molar-refractivity contribution >= 4 is 15.9 Å². The molecule has 0 radical (unpaired) electrons. The van der Waals surface area contributed by atoms with E-state index in [4.69, 9.17) is 4.74 Å². The highest BCUT2D eigenvalue weighted by molar-refractivity contribution is 9.10. The Kier molecular flexibility index (Phi) is 3.43. The summed E-state index contributed by atoms with van der Waals surface area (Å²) in [7, 11) is 0. The third-order valence-electron chi connectivity index (χ3n) is 1.61. The minimum atomic E-state index is 0.0920. The Hall–Kier alpha value is -0.700. The summed E-state index contributed by atoms with van der Waals surface area (Å²) in [5.74, 6) is 0.686. The lowest BCUT2D eigenvalue weighted by Gasteiger charge is -2.19. The zero-order valence-corrected chi connectivity index (χ0v) is 10.3. The molecule has 0 saturated heterocycles. The minimum Gasteiger partial charge on any atom is -0.503 e. The van der Waals surface area contributed by atoms with Gasteiger partial charge in [-0.3, -0.25) is 0 Å². The Balaban J connectivity index is 2.73. The summed E-state index contributed by atoms with van der Waals surface area (Å²) in [5.41, 5.74) is 0.0920. The third kappa shape index (κ3) is 3.22. The smallest absolute Gasteiger partial charge is 0.172 e. The van der Waals surface area contributed by atoms with Crippen molar-refractivity contribution in [1.82, 2.24) is 0 Å². The van der Waals surface area contributed by atoms with Gasteiger partial charge in [0.1, 0.15) is 0 Å². The van der Waals surface area contributed by atoms with Gasteiger partial charge in [0.15, 0.2) is 11.5 Å². The Bertz CT molecular complexity index is 316. The summed E-state index contributed by atoms with van der Waals surface area (Å²) >= 11 is 3.24. The van der Waals surface area contributed by atoms with Gasteiger partial charge in [0.2, 0.25) is 0 Å². The Labute approximate surface area is 93.0 Å². The molecule has 0 aromatic heterocycles. The number of halogens is 1. The van der Waals surface area contributed by atoms with Crippen LogP contribution in [0.1, 0.15) is 20.8 Å². The lowest BCUT2D eigenvalue weighted by molar-refractivity contribution is 0.192. The normalized spacial score (nSPS) is 11.4. The van der Waals surface area contributed by atoms with Crippen molar-refractivity contribution in [3.05, 3.63) is 22.7 Å². The van der Waals surface area contributed by atoms with Gasteiger partial charge in [0.25, 0.3) is 0 Å². The fourth-order valence-electron chi connectivity index (χ4n) is 0.906. The topological polar surface area (TPSA) is 29.5 Å². The van der Waals surface area contributed by atoms with Crippen molar-refractivity contribution in [1.29, 1.82) is 0 Å². The van der Waals surface area contributed by atoms with Crippen molar-refractivity contribution in [3.63, 3.8) is 0 Å². The fraction of sp³-hybridized carbons (Fsp3) is 0.455. The maximum Gasteiger partial charge on any atom is 0.172 e. The van der Waals surface area contributed by atoms with Crippen LogP contribution in [0.4, 0.5) is 0 Å². The highest BCUT2D eigenvalue weighted by Crippen LogP contribution is 2.34. The SMILES string of the molecule is CC(C)(C)COc1cccc(Br)c1O. The summed E-state index contributed by atoms with van der Waals surface area (Å²) in [6.07, 6.45) is 0. The van der Waals surface area contributed by atoms with Crippen LogP contribution >= 0.6 is 15.9 Å². The van der Waals surface area contributed by atoms with Crippen LogP contribution in [0.5, 0.6) is 11.5 Å². The largest absolute Gasteiger partial charge is 0.503 e. The van der Waals surface area contributed by atoms with Crippen molar-refractivity contribution in [2.75, 3.05) is 6.61 Å². The highest BCUT2D eigenvalue weighted by Gasteiger charge is 2.13. The molecular weight excluding hydrogens is 244 g/mol. The van der Waals surface area contributed by atoms with Crippen molar-refractivity contribution in [3.8, 4) is 11.5 Å². The number of rotatable bonds is 2. The van der Waals surface area contributed by atoms with Crippen LogP contribution < -0.4 is 4.74 Å². The quantitative estimate of drug-likeness (QED) is 0.879. The predicted octanol–water partition coefficient (Wildman–Crippen LogP) is 3.58. The highest BCUT2D eigenvalue weighted by atomic mass is 79.9. The number of benzene rings is 1. The van der Waals surface area contributed by atoms with Gasteiger partial charge in [-0.1, -0.05) is 26.8 Å². The molecule has 0 bridgehead atoms. The number of aromatic hydroxyl groups is 1. The van der Waals surface area contributed by atoms with Gasteiger partial charge in [0, 0.05) is 0 Å². The van der Waals surface area contributed by atoms with Crippen molar-refractivity contribution in [2.24, 2.45) is 5.41 Å². The Morgan fingerprint density at radius 1 is 1.36 bits per heavy atom. The van der Waals surface area contributed by atoms with Crippen molar-refractivity contribution in [2.45, 2.75) is 20.8 Å². The minimum absolute atomic E-state index is 0.0920. The molecule has 0 fully saturated rings. The lowest BCUT2D eigenvalue weighted by Crippen LogP contribution is -2.16. The first-order chi connectivity index (χ1) is 6.40. The van der Waals surface area contributed by atoms with E-state index in [2.05, 4.69) is 36.7 Å². The first-order valence-electron chi connectivity index (χ1n) is 4.50. The number of ether oxygens (including phenoxy) is 1. The maximum absolute atomic E-state index is 9.62. The molecule has 0 aliphatic carbocycles. The van der Waals surface area contributed by atoms with Gasteiger partial charge >= 0.3 is 0 Å². The first kappa shape index (κ1) is 11.4. The van der Waals surface area contributed by atoms with Crippen LogP contribution in [0.15, 0.2) is 22.7 Å². The standard InChI is InChI=1S/C11H15BrO2/c1-11(2,3)7-14-9-6-4-5-8(12)10(9)13/h4-6,13H,7H2,1-3H3. The van der Waals surface area contributed by atoms with E-state index < -0.39 is 0 Å². The zero-order valence-electron chi connectivity index (χ0n) is 8.67. The van der Waals surface area contributed by atoms with Crippen LogP contribution in [0.3, 0.4) is 0 Å². The second-order valence-electron chi connectivity index (χ2n) is 4.44. The van der Waals surface area contributed by atoms with Crippen LogP contribution in [-0.4, -0.2) is 11.7 Å². The summed E-state index contributed by atoms with van der Waals surface area (Å²) in [6.45, 7) is 6.84. The lowest BCUT2D eigenvalue weighted by atomic mass is 9.99. The predicted molar refractivity (Wildman–Crippen MR) is 60.8 cm³/mol. The molecule has 1 N–H and O–H groups in total. The molecule has 14 heavy (non-hydrogen) atoms. The summed E-state index contributed by atoms with van der Waals surface area (Å²) < 4.78 is 6.16. The number of phenolic OH excluding ortho intramolecular Hbond substituents is 1. The molecular formula is C11H15BrO2. The van der Waals surface area contributed by atoms with Crippen LogP contribution in [0.25, 0.3) is 0 Å². The van der Waals surface area contributed by atoms with Gasteiger partial charge < -0.3 is 9.84 Å². The molecule has 0 spiro atoms. The van der Waals surface area contributed by atoms with E-state index in [1.807, 2.05) is 6.07 Å². The molecule has 0 unspecified atom stereocenters. The third-order valence-corrected chi connectivity index (χ3v) is 2.25. The Morgan fingerprint density at radius 2 is 2.00 bits per heavy atom. The molecule has 0 atom stereocenters. The van der Waals surface area contributed by atoms with E-state index in [1.54, 1.807) is 12.1 Å². The maximum atomic E-state index is 9.62. The Morgan fingerprint density at radius 3 is 2.57 bits per heavy atom. The number of phenols is 1. The van der Waals surface area contributed by atoms with E-state index in [0.29, 0.717) is 16.8 Å². The van der Waals surface area contributed by atoms with Gasteiger partial charge in [-0.15, -0.1) is 0 Å². The molecule has 78 valence electrons. The molecule has 2 nitrogen and oxygen atoms in total. The van der Waals surface area contributed by atoms with E-state index in [-0.39, 0.29) is 11.2 Å². The van der Waals surface area contributed by atoms with E-state index in [1.165, 1.54) is 0 Å². The molecule has 1 rings (SSSR count). The van der Waals surface area contributed by atoms with Crippen LogP contribution in [0, 0.1) is 5.41 Å². The molecule has 3 heteroatoms.